The van der Waals surface area contributed by atoms with E-state index in [4.69, 9.17) is 0 Å². The molecule has 4 rings (SSSR count). The number of aromatic nitrogens is 2. The zero-order chi connectivity index (χ0) is 21.5. The molecule has 0 spiro atoms. The summed E-state index contributed by atoms with van der Waals surface area (Å²) < 4.78 is 54.6. The summed E-state index contributed by atoms with van der Waals surface area (Å²) in [4.78, 5) is 16.7. The summed E-state index contributed by atoms with van der Waals surface area (Å²) in [6.45, 7) is 0. The molecule has 2 heterocycles. The first kappa shape index (κ1) is 20.7. The number of hydrogen-bond donors (Lipinski definition) is 1. The highest BCUT2D eigenvalue weighted by Gasteiger charge is 2.35. The molecule has 3 aromatic rings. The van der Waals surface area contributed by atoms with E-state index in [2.05, 4.69) is 15.2 Å². The number of amides is 1. The summed E-state index contributed by atoms with van der Waals surface area (Å²) in [5.41, 5.74) is 0.552. The zero-order valence-corrected chi connectivity index (χ0v) is 17.0. The van der Waals surface area contributed by atoms with Crippen LogP contribution in [0.4, 0.5) is 17.6 Å². The highest BCUT2D eigenvalue weighted by atomic mass is 32.2. The van der Waals surface area contributed by atoms with Gasteiger partial charge in [0.2, 0.25) is 0 Å². The number of benzene rings is 2. The van der Waals surface area contributed by atoms with Crippen LogP contribution in [0.1, 0.15) is 16.7 Å². The number of allylic oxidation sites excluding steroid dienone is 1. The van der Waals surface area contributed by atoms with Crippen LogP contribution in [0.2, 0.25) is 0 Å². The molecule has 1 aliphatic heterocycles. The van der Waals surface area contributed by atoms with Crippen molar-refractivity contribution in [3.63, 3.8) is 0 Å². The predicted molar refractivity (Wildman–Crippen MR) is 112 cm³/mol. The van der Waals surface area contributed by atoms with Gasteiger partial charge in [-0.15, -0.1) is 11.8 Å². The molecule has 1 aromatic heterocycles. The molecular weight excluding hydrogens is 438 g/mol. The number of carbonyl (C=O) groups is 1. The Bertz CT molecular complexity index is 1210. The average molecular weight is 451 g/mol. The Morgan fingerprint density at radius 1 is 1.20 bits per heavy atom. The predicted octanol–water partition coefficient (Wildman–Crippen LogP) is 5.67. The Balaban J connectivity index is 1.87. The Hall–Kier alpha value is -2.59. The molecular formula is C20H13F4N3OS2. The van der Waals surface area contributed by atoms with Gasteiger partial charge in [0.1, 0.15) is 10.2 Å². The van der Waals surface area contributed by atoms with E-state index in [-0.39, 0.29) is 16.9 Å². The maximum Gasteiger partial charge on any atom is 0.416 e. The second-order valence-corrected chi connectivity index (χ2v) is 8.50. The molecule has 0 aliphatic carbocycles. The van der Waals surface area contributed by atoms with Crippen molar-refractivity contribution in [1.82, 2.24) is 10.2 Å². The number of hydrogen-bond acceptors (Lipinski definition) is 4. The fraction of sp³-hybridized carbons (Fsp3) is 0.150. The van der Waals surface area contributed by atoms with Crippen molar-refractivity contribution < 1.29 is 22.4 Å². The fourth-order valence-electron chi connectivity index (χ4n) is 3.17. The van der Waals surface area contributed by atoms with Gasteiger partial charge in [-0.3, -0.25) is 9.89 Å². The van der Waals surface area contributed by atoms with Gasteiger partial charge in [-0.2, -0.15) is 23.3 Å². The van der Waals surface area contributed by atoms with Crippen LogP contribution < -0.4 is 0 Å². The van der Waals surface area contributed by atoms with E-state index in [1.807, 2.05) is 0 Å². The number of alkyl halides is 3. The van der Waals surface area contributed by atoms with Gasteiger partial charge in [-0.25, -0.2) is 4.39 Å². The van der Waals surface area contributed by atoms with Crippen LogP contribution in [0, 0.1) is 5.82 Å². The summed E-state index contributed by atoms with van der Waals surface area (Å²) in [6.07, 6.45) is -1.58. The molecule has 0 unspecified atom stereocenters. The second-order valence-electron chi connectivity index (χ2n) is 6.44. The Morgan fingerprint density at radius 3 is 2.70 bits per heavy atom. The molecule has 10 heteroatoms. The van der Waals surface area contributed by atoms with Gasteiger partial charge in [-0.05, 0) is 53.6 Å². The van der Waals surface area contributed by atoms with Gasteiger partial charge in [0, 0.05) is 5.39 Å². The fourth-order valence-corrected chi connectivity index (χ4v) is 4.67. The monoisotopic (exact) mass is 451 g/mol. The third kappa shape index (κ3) is 4.01. The van der Waals surface area contributed by atoms with E-state index >= 15 is 0 Å². The number of aromatic amines is 1. The van der Waals surface area contributed by atoms with Crippen LogP contribution in [-0.4, -0.2) is 26.7 Å². The molecule has 0 atom stereocenters. The van der Waals surface area contributed by atoms with Crippen LogP contribution in [0.25, 0.3) is 16.5 Å². The lowest BCUT2D eigenvalue weighted by molar-refractivity contribution is -0.138. The molecule has 30 heavy (non-hydrogen) atoms. The summed E-state index contributed by atoms with van der Waals surface area (Å²) in [6, 6.07) is 7.78. The van der Waals surface area contributed by atoms with Crippen LogP contribution in [0.5, 0.6) is 0 Å². The number of nitrogens with zero attached hydrogens (tertiary/aromatic N) is 2. The molecule has 0 fully saturated rings. The quantitative estimate of drug-likeness (QED) is 0.412. The summed E-state index contributed by atoms with van der Waals surface area (Å²) >= 11 is 2.41. The molecule has 0 saturated carbocycles. The minimum absolute atomic E-state index is 0.121. The number of thioether (sulfide) groups is 2. The Morgan fingerprint density at radius 2 is 2.00 bits per heavy atom. The van der Waals surface area contributed by atoms with Crippen molar-refractivity contribution in [3.8, 4) is 0 Å². The number of H-pyrrole nitrogens is 1. The molecule has 1 aliphatic rings. The van der Waals surface area contributed by atoms with Gasteiger partial charge in [0.25, 0.3) is 5.91 Å². The van der Waals surface area contributed by atoms with Gasteiger partial charge in [0.15, 0.2) is 0 Å². The molecule has 0 bridgehead atoms. The first-order chi connectivity index (χ1) is 14.3. The standard InChI is InChI=1S/C20H13F4N3OS2/c1-29-19-26-18(28)17(30-19)14(10-3-5-16-12(6-10)9-25-27-16)7-11-2-4-13(21)8-15(11)20(22,23)24/h2-6,8-9H,7H2,1H3,(H,25,27). The largest absolute Gasteiger partial charge is 0.416 e. The van der Waals surface area contributed by atoms with Gasteiger partial charge < -0.3 is 0 Å². The molecule has 2 aromatic carbocycles. The molecule has 0 saturated heterocycles. The van der Waals surface area contributed by atoms with Crippen LogP contribution in [-0.2, 0) is 17.4 Å². The lowest BCUT2D eigenvalue weighted by atomic mass is 9.93. The topological polar surface area (TPSA) is 58.1 Å². The van der Waals surface area contributed by atoms with Crippen LogP contribution in [0.15, 0.2) is 52.5 Å². The van der Waals surface area contributed by atoms with Gasteiger partial charge >= 0.3 is 6.18 Å². The van der Waals surface area contributed by atoms with Crippen molar-refractivity contribution >= 4 is 50.3 Å². The number of fused-ring (bicyclic) bond motifs is 1. The summed E-state index contributed by atoms with van der Waals surface area (Å²) in [5.74, 6) is -1.47. The first-order valence-corrected chi connectivity index (χ1v) is 10.7. The lowest BCUT2D eigenvalue weighted by Gasteiger charge is -2.16. The van der Waals surface area contributed by atoms with E-state index in [0.29, 0.717) is 21.6 Å². The highest BCUT2D eigenvalue weighted by molar-refractivity contribution is 8.41. The zero-order valence-electron chi connectivity index (χ0n) is 15.4. The molecule has 0 radical (unpaired) electrons. The smallest absolute Gasteiger partial charge is 0.278 e. The van der Waals surface area contributed by atoms with Gasteiger partial charge in [0.05, 0.1) is 22.2 Å². The molecule has 1 amide bonds. The summed E-state index contributed by atoms with van der Waals surface area (Å²) in [5, 5.41) is 7.51. The molecule has 1 N–H and O–H groups in total. The molecule has 4 nitrogen and oxygen atoms in total. The maximum atomic E-state index is 13.5. The third-order valence-electron chi connectivity index (χ3n) is 4.56. The third-order valence-corrected chi connectivity index (χ3v) is 6.64. The summed E-state index contributed by atoms with van der Waals surface area (Å²) in [7, 11) is 0. The number of rotatable bonds is 3. The Labute approximate surface area is 176 Å². The number of aliphatic imine (C=N–C) groups is 1. The second kappa shape index (κ2) is 7.92. The molecule has 154 valence electrons. The van der Waals surface area contributed by atoms with E-state index in [1.165, 1.54) is 11.8 Å². The first-order valence-electron chi connectivity index (χ1n) is 8.63. The minimum Gasteiger partial charge on any atom is -0.278 e. The lowest BCUT2D eigenvalue weighted by Crippen LogP contribution is -2.11. The van der Waals surface area contributed by atoms with E-state index in [9.17, 15) is 22.4 Å². The minimum atomic E-state index is -4.73. The number of carbonyl (C=O) groups excluding carboxylic acids is 1. The SMILES string of the molecule is CSC1=NC(=O)C(=C(Cc2ccc(F)cc2C(F)(F)F)c2ccc3[nH]ncc3c2)S1. The van der Waals surface area contributed by atoms with Crippen molar-refractivity contribution in [2.75, 3.05) is 6.26 Å². The van der Waals surface area contributed by atoms with Crippen molar-refractivity contribution in [3.05, 3.63) is 70.0 Å². The van der Waals surface area contributed by atoms with E-state index < -0.39 is 23.5 Å². The number of halogens is 4. The van der Waals surface area contributed by atoms with E-state index in [0.717, 1.165) is 34.8 Å². The average Bonchev–Trinajstić information content (AvgIpc) is 3.32. The van der Waals surface area contributed by atoms with Crippen LogP contribution in [0.3, 0.4) is 0 Å². The van der Waals surface area contributed by atoms with Crippen LogP contribution >= 0.6 is 23.5 Å². The Kier molecular flexibility index (Phi) is 5.46. The van der Waals surface area contributed by atoms with Crippen molar-refractivity contribution in [2.45, 2.75) is 12.6 Å². The van der Waals surface area contributed by atoms with Crippen molar-refractivity contribution in [2.24, 2.45) is 4.99 Å². The normalized spacial score (nSPS) is 16.3. The number of nitrogens with one attached hydrogen (secondary N) is 1. The van der Waals surface area contributed by atoms with E-state index in [1.54, 1.807) is 30.7 Å². The van der Waals surface area contributed by atoms with Gasteiger partial charge in [-0.1, -0.05) is 23.9 Å². The van der Waals surface area contributed by atoms with Crippen molar-refractivity contribution in [1.29, 1.82) is 0 Å². The maximum absolute atomic E-state index is 13.5. The highest BCUT2D eigenvalue weighted by Crippen LogP contribution is 2.41.